The third-order valence-corrected chi connectivity index (χ3v) is 16.7. The number of nitrogens with zero attached hydrogens (tertiary/aromatic N) is 4. The van der Waals surface area contributed by atoms with Gasteiger partial charge in [-0.05, 0) is 67.3 Å². The molecule has 0 spiro atoms. The van der Waals surface area contributed by atoms with E-state index in [-0.39, 0.29) is 60.2 Å². The van der Waals surface area contributed by atoms with Gasteiger partial charge in [-0.1, -0.05) is 81.4 Å². The number of benzene rings is 2. The third kappa shape index (κ3) is 7.18. The molecule has 2 amide bonds. The van der Waals surface area contributed by atoms with E-state index in [1.807, 2.05) is 107 Å². The number of aromatic nitrogens is 2. The van der Waals surface area contributed by atoms with Crippen molar-refractivity contribution in [1.82, 2.24) is 20.4 Å². The number of nitrogens with one attached hydrogen (secondary N) is 2. The number of urea groups is 1. The van der Waals surface area contributed by atoms with Gasteiger partial charge in [0.15, 0.2) is 37.0 Å². The molecule has 15 heteroatoms. The Balaban J connectivity index is 1.46. The highest BCUT2D eigenvalue weighted by molar-refractivity contribution is 6.74. The molecule has 7 rings (SSSR count). The van der Waals surface area contributed by atoms with Crippen LogP contribution in [0.25, 0.3) is 0 Å². The molecule has 3 aliphatic rings. The van der Waals surface area contributed by atoms with Crippen molar-refractivity contribution in [3.8, 4) is 11.6 Å². The molecule has 0 saturated carbocycles. The van der Waals surface area contributed by atoms with Crippen molar-refractivity contribution in [1.29, 1.82) is 0 Å². The predicted octanol–water partition coefficient (Wildman–Crippen LogP) is 7.49. The first-order valence-corrected chi connectivity index (χ1v) is 22.8. The predicted molar refractivity (Wildman–Crippen MR) is 226 cm³/mol. The molecular weight excluding hydrogens is 769 g/mol. The smallest absolute Gasteiger partial charge is 0.320 e. The van der Waals surface area contributed by atoms with Crippen LogP contribution in [0.3, 0.4) is 0 Å². The third-order valence-electron chi connectivity index (χ3n) is 12.2. The summed E-state index contributed by atoms with van der Waals surface area (Å²) in [6.07, 6.45) is 0.554. The van der Waals surface area contributed by atoms with Crippen LogP contribution in [0.2, 0.25) is 18.1 Å². The van der Waals surface area contributed by atoms with Gasteiger partial charge in [0.05, 0.1) is 11.6 Å². The van der Waals surface area contributed by atoms with Gasteiger partial charge in [-0.25, -0.2) is 9.78 Å². The maximum Gasteiger partial charge on any atom is 0.320 e. The number of hydrogen-bond donors (Lipinski definition) is 3. The van der Waals surface area contributed by atoms with Crippen LogP contribution in [0.1, 0.15) is 76.4 Å². The molecule has 2 aromatic carbocycles. The summed E-state index contributed by atoms with van der Waals surface area (Å²) in [5.41, 5.74) is 0.571. The van der Waals surface area contributed by atoms with Crippen LogP contribution in [0, 0.1) is 11.8 Å². The average molecular weight is 823 g/mol. The summed E-state index contributed by atoms with van der Waals surface area (Å²) >= 11 is 0. The highest BCUT2D eigenvalue weighted by Crippen LogP contribution is 2.60. The number of allylic oxidation sites excluding steroid dienone is 1. The molecule has 0 saturated heterocycles. The van der Waals surface area contributed by atoms with Gasteiger partial charge in [0.2, 0.25) is 5.78 Å². The number of ketones is 2. The van der Waals surface area contributed by atoms with E-state index < -0.39 is 60.2 Å². The summed E-state index contributed by atoms with van der Waals surface area (Å²) < 4.78 is 26.0. The number of hydrogen-bond acceptors (Lipinski definition) is 12. The van der Waals surface area contributed by atoms with Crippen molar-refractivity contribution < 1.29 is 37.9 Å². The minimum absolute atomic E-state index is 0.0131. The molecule has 0 radical (unpaired) electrons. The Hall–Kier alpha value is -5.51. The highest BCUT2D eigenvalue weighted by Gasteiger charge is 2.67. The van der Waals surface area contributed by atoms with Crippen molar-refractivity contribution in [3.05, 3.63) is 106 Å². The van der Waals surface area contributed by atoms with Crippen LogP contribution < -0.4 is 25.0 Å². The van der Waals surface area contributed by atoms with Crippen molar-refractivity contribution in [2.24, 2.45) is 11.8 Å². The first kappa shape index (κ1) is 41.6. The van der Waals surface area contributed by atoms with Crippen LogP contribution in [0.15, 0.2) is 76.5 Å². The minimum Gasteiger partial charge on any atom is -0.508 e. The lowest BCUT2D eigenvalue weighted by molar-refractivity contribution is -0.0480. The molecule has 14 nitrogen and oxygen atoms in total. The molecule has 4 atom stereocenters. The van der Waals surface area contributed by atoms with E-state index in [9.17, 15) is 9.90 Å². The van der Waals surface area contributed by atoms with E-state index >= 15 is 9.59 Å². The Bertz CT molecular complexity index is 2300. The molecule has 59 heavy (non-hydrogen) atoms. The number of ether oxygens (including phenoxy) is 2. The van der Waals surface area contributed by atoms with Gasteiger partial charge >= 0.3 is 6.03 Å². The van der Waals surface area contributed by atoms with Crippen LogP contribution in [-0.2, 0) is 24.1 Å². The maximum atomic E-state index is 15.7. The second-order valence-electron chi connectivity index (χ2n) is 17.5. The minimum atomic E-state index is -2.95. The fourth-order valence-corrected chi connectivity index (χ4v) is 9.83. The largest absolute Gasteiger partial charge is 0.508 e. The summed E-state index contributed by atoms with van der Waals surface area (Å²) in [7, 11) is 5.93. The number of Topliss-reactive ketones (excluding diaryl/α,β-unsaturated/α-hetero) is 2. The molecular formula is C44H54N6O8Si. The van der Waals surface area contributed by atoms with E-state index in [0.29, 0.717) is 17.1 Å². The zero-order valence-corrected chi connectivity index (χ0v) is 36.4. The molecule has 3 N–H and O–H groups in total. The zero-order chi connectivity index (χ0) is 42.6. The number of rotatable bonds is 11. The number of anilines is 2. The van der Waals surface area contributed by atoms with E-state index in [1.165, 1.54) is 7.05 Å². The van der Waals surface area contributed by atoms with Crippen LogP contribution in [-0.4, -0.2) is 86.9 Å². The number of carbonyl (C=O) groups is 3. The van der Waals surface area contributed by atoms with Crippen LogP contribution in [0.4, 0.5) is 16.4 Å². The van der Waals surface area contributed by atoms with Crippen molar-refractivity contribution in [3.63, 3.8) is 0 Å². The van der Waals surface area contributed by atoms with Gasteiger partial charge in [-0.15, -0.1) is 0 Å². The lowest BCUT2D eigenvalue weighted by atomic mass is 9.58. The number of pyridine rings is 1. The Morgan fingerprint density at radius 3 is 2.14 bits per heavy atom. The van der Waals surface area contributed by atoms with Gasteiger partial charge < -0.3 is 33.7 Å². The van der Waals surface area contributed by atoms with Gasteiger partial charge in [0.1, 0.15) is 30.4 Å². The summed E-state index contributed by atoms with van der Waals surface area (Å²) in [6, 6.07) is 17.8. The molecule has 0 aliphatic heterocycles. The second-order valence-corrected chi connectivity index (χ2v) is 22.2. The highest BCUT2D eigenvalue weighted by atomic mass is 28.4. The zero-order valence-electron chi connectivity index (χ0n) is 35.4. The van der Waals surface area contributed by atoms with Crippen molar-refractivity contribution >= 4 is 37.6 Å². The summed E-state index contributed by atoms with van der Waals surface area (Å²) in [6.45, 7) is 10.4. The van der Waals surface area contributed by atoms with E-state index in [2.05, 4.69) is 36.6 Å². The SMILES string of the molecule is CNC(=O)Nc1nc(N(C)C)c2c(c1OCc1ccccc1)C(=O)C1=C(O)[C@]3(O[Si](C)(C)C(C)(C)C)C(=O)c4c(OCc5ccccc5)noc4[C@@H](N(C)C)[C@@H]3C[C@@H]1C2. The van der Waals surface area contributed by atoms with Crippen LogP contribution >= 0.6 is 0 Å². The van der Waals surface area contributed by atoms with E-state index in [1.54, 1.807) is 4.90 Å². The van der Waals surface area contributed by atoms with Gasteiger partial charge in [0, 0.05) is 38.2 Å². The Morgan fingerprint density at radius 2 is 1.58 bits per heavy atom. The van der Waals surface area contributed by atoms with Gasteiger partial charge in [-0.3, -0.25) is 19.8 Å². The number of amides is 2. The Morgan fingerprint density at radius 1 is 0.966 bits per heavy atom. The molecule has 2 aromatic heterocycles. The number of aliphatic hydroxyl groups excluding tert-OH is 1. The van der Waals surface area contributed by atoms with Crippen molar-refractivity contribution in [2.45, 2.75) is 76.6 Å². The first-order valence-electron chi connectivity index (χ1n) is 19.9. The number of aliphatic hydroxyl groups is 1. The summed E-state index contributed by atoms with van der Waals surface area (Å²) in [5, 5.41) is 22.3. The van der Waals surface area contributed by atoms with E-state index in [4.69, 9.17) is 23.4 Å². The summed E-state index contributed by atoms with van der Waals surface area (Å²) in [4.78, 5) is 52.6. The monoisotopic (exact) mass is 822 g/mol. The molecule has 312 valence electrons. The average Bonchev–Trinajstić information content (AvgIpc) is 3.61. The van der Waals surface area contributed by atoms with E-state index in [0.717, 1.165) is 11.1 Å². The topological polar surface area (TPSA) is 169 Å². The van der Waals surface area contributed by atoms with Gasteiger partial charge in [-0.2, -0.15) is 0 Å². The quantitative estimate of drug-likeness (QED) is 0.128. The standard InChI is InChI=1S/C44H54N6O8Si/c1-43(2,3)59(9,10)58-44-29(33(49(5)6)35-32(38(44)53)41(48-57-35)56-24-26-19-15-12-16-20-26)22-27-21-28-31(34(51)30(27)37(44)52)36(55-23-25-17-13-11-14-18-25)39(47-42(54)45-4)46-40(28)50(7)8/h11-20,27,29,33,52H,21-24H2,1-10H3,(H2,45,46,47,54)/t27-,29-,33-,44-/m0/s1. The van der Waals surface area contributed by atoms with Crippen molar-refractivity contribution in [2.75, 3.05) is 45.5 Å². The lowest BCUT2D eigenvalue weighted by Gasteiger charge is -2.55. The summed E-state index contributed by atoms with van der Waals surface area (Å²) in [5.74, 6) is -1.94. The lowest BCUT2D eigenvalue weighted by Crippen LogP contribution is -2.65. The van der Waals surface area contributed by atoms with Gasteiger partial charge in [0.25, 0.3) is 5.88 Å². The maximum absolute atomic E-state index is 15.7. The Labute approximate surface area is 346 Å². The normalized spacial score (nSPS) is 21.3. The number of fused-ring (bicyclic) bond motifs is 4. The molecule has 0 fully saturated rings. The molecule has 3 aliphatic carbocycles. The second kappa shape index (κ2) is 15.6. The molecule has 0 unspecified atom stereocenters. The fraction of sp³-hybridized carbons (Fsp3) is 0.432. The molecule has 0 bridgehead atoms. The molecule has 2 heterocycles. The molecule has 4 aromatic rings. The van der Waals surface area contributed by atoms with Crippen LogP contribution in [0.5, 0.6) is 11.6 Å². The Kier molecular flexibility index (Phi) is 11.0. The fourth-order valence-electron chi connectivity index (χ4n) is 8.38. The number of carbonyl (C=O) groups excluding carboxylic acids is 3. The first-order chi connectivity index (χ1) is 27.9.